The molecule has 0 aliphatic heterocycles. The topological polar surface area (TPSA) is 9.23 Å². The highest BCUT2D eigenvalue weighted by Gasteiger charge is 2.19. The molecule has 0 aromatic heterocycles. The number of rotatable bonds is 3. The number of aryl methyl sites for hydroxylation is 1. The largest absolute Gasteiger partial charge is 0.457 e. The molecule has 2 aromatic rings. The molecule has 0 saturated heterocycles. The van der Waals surface area contributed by atoms with Gasteiger partial charge in [-0.1, -0.05) is 72.1 Å². The molecular formula is C18H20BrClO. The molecule has 0 fully saturated rings. The maximum Gasteiger partial charge on any atom is 0.131 e. The first-order valence-electron chi connectivity index (χ1n) is 6.94. The van der Waals surface area contributed by atoms with Gasteiger partial charge in [0.05, 0.1) is 0 Å². The molecule has 112 valence electrons. The summed E-state index contributed by atoms with van der Waals surface area (Å²) < 4.78 is 6.07. The maximum absolute atomic E-state index is 6.24. The fourth-order valence-corrected chi connectivity index (χ4v) is 3.03. The number of halogens is 2. The van der Waals surface area contributed by atoms with Crippen LogP contribution in [-0.2, 0) is 10.7 Å². The number of ether oxygens (including phenoxy) is 1. The molecule has 0 aliphatic carbocycles. The molecule has 0 heterocycles. The fraction of sp³-hybridized carbons (Fsp3) is 0.333. The molecule has 0 spiro atoms. The van der Waals surface area contributed by atoms with Gasteiger partial charge in [0.15, 0.2) is 0 Å². The van der Waals surface area contributed by atoms with Crippen LogP contribution in [-0.4, -0.2) is 0 Å². The standard InChI is InChI=1S/C18H20BrClO/c1-12-5-8-17(15(9-12)18(2,3)4)21-14-7-6-13(11-19)16(20)10-14/h5-10H,11H2,1-4H3. The molecular weight excluding hydrogens is 348 g/mol. The van der Waals surface area contributed by atoms with E-state index in [2.05, 4.69) is 55.8 Å². The average Bonchev–Trinajstić information content (AvgIpc) is 2.40. The van der Waals surface area contributed by atoms with Gasteiger partial charge in [0.25, 0.3) is 0 Å². The van der Waals surface area contributed by atoms with Crippen LogP contribution in [0.4, 0.5) is 0 Å². The predicted octanol–water partition coefficient (Wildman–Crippen LogP) is 6.63. The molecule has 21 heavy (non-hydrogen) atoms. The second kappa shape index (κ2) is 6.41. The van der Waals surface area contributed by atoms with Gasteiger partial charge in [-0.3, -0.25) is 0 Å². The Balaban J connectivity index is 2.38. The Morgan fingerprint density at radius 2 is 1.81 bits per heavy atom. The van der Waals surface area contributed by atoms with Crippen molar-refractivity contribution >= 4 is 27.5 Å². The van der Waals surface area contributed by atoms with Crippen LogP contribution in [0, 0.1) is 6.92 Å². The summed E-state index contributed by atoms with van der Waals surface area (Å²) in [5.74, 6) is 1.65. The second-order valence-electron chi connectivity index (χ2n) is 6.24. The molecule has 0 N–H and O–H groups in total. The van der Waals surface area contributed by atoms with Crippen LogP contribution in [0.15, 0.2) is 36.4 Å². The first-order chi connectivity index (χ1) is 9.81. The molecule has 3 heteroatoms. The van der Waals surface area contributed by atoms with Crippen LogP contribution in [0.3, 0.4) is 0 Å². The lowest BCUT2D eigenvalue weighted by Crippen LogP contribution is -2.12. The molecule has 0 atom stereocenters. The van der Waals surface area contributed by atoms with E-state index in [1.165, 1.54) is 11.1 Å². The smallest absolute Gasteiger partial charge is 0.131 e. The average molecular weight is 368 g/mol. The summed E-state index contributed by atoms with van der Waals surface area (Å²) in [6.45, 7) is 8.67. The molecule has 0 saturated carbocycles. The van der Waals surface area contributed by atoms with E-state index in [9.17, 15) is 0 Å². The molecule has 0 radical (unpaired) electrons. The Morgan fingerprint density at radius 1 is 1.10 bits per heavy atom. The van der Waals surface area contributed by atoms with Gasteiger partial charge in [0.1, 0.15) is 11.5 Å². The van der Waals surface area contributed by atoms with E-state index in [0.29, 0.717) is 5.02 Å². The van der Waals surface area contributed by atoms with Crippen LogP contribution in [0.2, 0.25) is 5.02 Å². The zero-order valence-electron chi connectivity index (χ0n) is 12.8. The van der Waals surface area contributed by atoms with E-state index in [4.69, 9.17) is 16.3 Å². The maximum atomic E-state index is 6.24. The van der Waals surface area contributed by atoms with Gasteiger partial charge in [-0.05, 0) is 36.1 Å². The number of benzene rings is 2. The Bertz CT molecular complexity index is 644. The van der Waals surface area contributed by atoms with Gasteiger partial charge in [-0.25, -0.2) is 0 Å². The van der Waals surface area contributed by atoms with Crippen molar-refractivity contribution in [1.82, 2.24) is 0 Å². The molecule has 0 amide bonds. The van der Waals surface area contributed by atoms with Gasteiger partial charge in [0.2, 0.25) is 0 Å². The third kappa shape index (κ3) is 4.02. The summed E-state index contributed by atoms with van der Waals surface area (Å²) >= 11 is 9.66. The highest BCUT2D eigenvalue weighted by atomic mass is 79.9. The summed E-state index contributed by atoms with van der Waals surface area (Å²) in [5, 5.41) is 1.46. The van der Waals surface area contributed by atoms with Gasteiger partial charge >= 0.3 is 0 Å². The fourth-order valence-electron chi connectivity index (χ4n) is 2.15. The summed E-state index contributed by atoms with van der Waals surface area (Å²) in [6, 6.07) is 12.1. The van der Waals surface area contributed by atoms with Crippen molar-refractivity contribution in [2.45, 2.75) is 38.4 Å². The van der Waals surface area contributed by atoms with Crippen molar-refractivity contribution < 1.29 is 4.74 Å². The molecule has 2 rings (SSSR count). The number of hydrogen-bond donors (Lipinski definition) is 0. The van der Waals surface area contributed by atoms with Gasteiger partial charge in [-0.2, -0.15) is 0 Å². The number of alkyl halides is 1. The van der Waals surface area contributed by atoms with Gasteiger partial charge in [0, 0.05) is 15.9 Å². The van der Waals surface area contributed by atoms with Crippen molar-refractivity contribution in [3.8, 4) is 11.5 Å². The first-order valence-corrected chi connectivity index (χ1v) is 8.44. The van der Waals surface area contributed by atoms with Crippen LogP contribution in [0.5, 0.6) is 11.5 Å². The number of hydrogen-bond acceptors (Lipinski definition) is 1. The normalized spacial score (nSPS) is 11.5. The lowest BCUT2D eigenvalue weighted by Gasteiger charge is -2.23. The zero-order chi connectivity index (χ0) is 15.6. The second-order valence-corrected chi connectivity index (χ2v) is 7.21. The van der Waals surface area contributed by atoms with Gasteiger partial charge < -0.3 is 4.74 Å². The first kappa shape index (κ1) is 16.4. The van der Waals surface area contributed by atoms with Crippen LogP contribution < -0.4 is 4.74 Å². The van der Waals surface area contributed by atoms with Crippen LogP contribution >= 0.6 is 27.5 Å². The molecule has 2 aromatic carbocycles. The summed E-state index contributed by atoms with van der Waals surface area (Å²) in [4.78, 5) is 0. The monoisotopic (exact) mass is 366 g/mol. The van der Waals surface area contributed by atoms with E-state index in [1.54, 1.807) is 0 Å². The Hall–Kier alpha value is -0.990. The van der Waals surface area contributed by atoms with Crippen molar-refractivity contribution in [3.05, 3.63) is 58.1 Å². The Labute approximate surface area is 140 Å². The minimum Gasteiger partial charge on any atom is -0.457 e. The minimum atomic E-state index is 0.0287. The molecule has 1 nitrogen and oxygen atoms in total. The Kier molecular flexibility index (Phi) is 5.00. The lowest BCUT2D eigenvalue weighted by molar-refractivity contribution is 0.455. The molecule has 0 unspecified atom stereocenters. The summed E-state index contributed by atoms with van der Waals surface area (Å²) in [6.07, 6.45) is 0. The van der Waals surface area contributed by atoms with Crippen molar-refractivity contribution in [1.29, 1.82) is 0 Å². The van der Waals surface area contributed by atoms with Crippen molar-refractivity contribution in [2.75, 3.05) is 0 Å². The van der Waals surface area contributed by atoms with Crippen molar-refractivity contribution in [2.24, 2.45) is 0 Å². The third-order valence-corrected chi connectivity index (χ3v) is 4.30. The lowest BCUT2D eigenvalue weighted by atomic mass is 9.85. The van der Waals surface area contributed by atoms with Crippen LogP contribution in [0.25, 0.3) is 0 Å². The van der Waals surface area contributed by atoms with Crippen molar-refractivity contribution in [3.63, 3.8) is 0 Å². The zero-order valence-corrected chi connectivity index (χ0v) is 15.2. The van der Waals surface area contributed by atoms with E-state index in [0.717, 1.165) is 22.4 Å². The highest BCUT2D eigenvalue weighted by Crippen LogP contribution is 2.36. The van der Waals surface area contributed by atoms with Gasteiger partial charge in [-0.15, -0.1) is 0 Å². The van der Waals surface area contributed by atoms with E-state index < -0.39 is 0 Å². The summed E-state index contributed by atoms with van der Waals surface area (Å²) in [7, 11) is 0. The minimum absolute atomic E-state index is 0.0287. The highest BCUT2D eigenvalue weighted by molar-refractivity contribution is 9.08. The predicted molar refractivity (Wildman–Crippen MR) is 94.0 cm³/mol. The van der Waals surface area contributed by atoms with E-state index in [1.807, 2.05) is 24.3 Å². The summed E-state index contributed by atoms with van der Waals surface area (Å²) in [5.41, 5.74) is 3.52. The quantitative estimate of drug-likeness (QED) is 0.553. The van der Waals surface area contributed by atoms with Crippen LogP contribution in [0.1, 0.15) is 37.5 Å². The Morgan fingerprint density at radius 3 is 2.38 bits per heavy atom. The SMILES string of the molecule is Cc1ccc(Oc2ccc(CBr)c(Cl)c2)c(C(C)(C)C)c1. The van der Waals surface area contributed by atoms with E-state index in [-0.39, 0.29) is 5.41 Å². The van der Waals surface area contributed by atoms with E-state index >= 15 is 0 Å². The molecule has 0 bridgehead atoms. The third-order valence-electron chi connectivity index (χ3n) is 3.34. The molecule has 0 aliphatic rings.